The lowest BCUT2D eigenvalue weighted by Gasteiger charge is -2.30. The summed E-state index contributed by atoms with van der Waals surface area (Å²) in [4.78, 5) is 19.2. The minimum absolute atomic E-state index is 0.0710. The fourth-order valence-corrected chi connectivity index (χ4v) is 3.92. The molecule has 156 valence electrons. The first-order valence-electron chi connectivity index (χ1n) is 10.3. The lowest BCUT2D eigenvalue weighted by molar-refractivity contribution is -0.126. The van der Waals surface area contributed by atoms with Crippen LogP contribution in [-0.4, -0.2) is 40.6 Å². The van der Waals surface area contributed by atoms with Crippen LogP contribution in [0.2, 0.25) is 5.02 Å². The number of hydrogen-bond acceptors (Lipinski definition) is 5. The smallest absolute Gasteiger partial charge is 0.241 e. The molecule has 0 atom stereocenters. The molecule has 1 amide bonds. The van der Waals surface area contributed by atoms with E-state index in [2.05, 4.69) is 32.5 Å². The summed E-state index contributed by atoms with van der Waals surface area (Å²) in [6, 6.07) is 17.6. The Bertz CT molecular complexity index is 968. The van der Waals surface area contributed by atoms with Gasteiger partial charge in [0, 0.05) is 23.0 Å². The molecule has 0 unspecified atom stereocenters. The van der Waals surface area contributed by atoms with Crippen LogP contribution in [0, 0.1) is 5.92 Å². The molecule has 0 spiro atoms. The van der Waals surface area contributed by atoms with E-state index in [1.807, 2.05) is 42.5 Å². The Balaban J connectivity index is 1.21. The maximum Gasteiger partial charge on any atom is 0.241 e. The van der Waals surface area contributed by atoms with Crippen molar-refractivity contribution in [3.05, 3.63) is 71.1 Å². The van der Waals surface area contributed by atoms with Crippen LogP contribution in [0.5, 0.6) is 0 Å². The van der Waals surface area contributed by atoms with Crippen molar-refractivity contribution in [3.63, 3.8) is 0 Å². The summed E-state index contributed by atoms with van der Waals surface area (Å²) in [5.74, 6) is 1.35. The number of carbonyl (C=O) groups excluding carboxylic acids is 1. The van der Waals surface area contributed by atoms with E-state index >= 15 is 0 Å². The van der Waals surface area contributed by atoms with Crippen molar-refractivity contribution in [3.8, 4) is 11.4 Å². The molecule has 6 nitrogen and oxygen atoms in total. The molecular weight excluding hydrogens is 400 g/mol. The molecule has 0 aliphatic carbocycles. The molecule has 1 N–H and O–H groups in total. The summed E-state index contributed by atoms with van der Waals surface area (Å²) in [6.07, 6.45) is 2.54. The van der Waals surface area contributed by atoms with Crippen molar-refractivity contribution in [2.24, 2.45) is 5.92 Å². The van der Waals surface area contributed by atoms with E-state index < -0.39 is 0 Å². The quantitative estimate of drug-likeness (QED) is 0.621. The Morgan fingerprint density at radius 2 is 1.93 bits per heavy atom. The minimum Gasteiger partial charge on any atom is -0.356 e. The number of rotatable bonds is 7. The number of nitrogens with zero attached hydrogens (tertiary/aromatic N) is 3. The highest BCUT2D eigenvalue weighted by molar-refractivity contribution is 6.30. The van der Waals surface area contributed by atoms with Crippen LogP contribution in [0.1, 0.15) is 24.3 Å². The zero-order chi connectivity index (χ0) is 20.8. The van der Waals surface area contributed by atoms with E-state index in [1.165, 1.54) is 5.56 Å². The summed E-state index contributed by atoms with van der Waals surface area (Å²) >= 11 is 6.03. The highest BCUT2D eigenvalue weighted by Crippen LogP contribution is 2.22. The van der Waals surface area contributed by atoms with E-state index in [-0.39, 0.29) is 11.8 Å². The lowest BCUT2D eigenvalue weighted by Crippen LogP contribution is -2.40. The van der Waals surface area contributed by atoms with Crippen LogP contribution < -0.4 is 5.32 Å². The number of piperidine rings is 1. The molecule has 2 heterocycles. The van der Waals surface area contributed by atoms with Gasteiger partial charge in [0.2, 0.25) is 17.6 Å². The van der Waals surface area contributed by atoms with E-state index in [4.69, 9.17) is 16.1 Å². The summed E-state index contributed by atoms with van der Waals surface area (Å²) in [5, 5.41) is 7.78. The topological polar surface area (TPSA) is 71.3 Å². The van der Waals surface area contributed by atoms with Crippen molar-refractivity contribution in [1.29, 1.82) is 0 Å². The first kappa shape index (κ1) is 20.6. The van der Waals surface area contributed by atoms with Crippen molar-refractivity contribution in [2.45, 2.75) is 25.8 Å². The predicted molar refractivity (Wildman–Crippen MR) is 116 cm³/mol. The van der Waals surface area contributed by atoms with Crippen LogP contribution in [-0.2, 0) is 17.8 Å². The van der Waals surface area contributed by atoms with Crippen molar-refractivity contribution in [2.75, 3.05) is 19.6 Å². The number of hydrogen-bond donors (Lipinski definition) is 1. The molecule has 7 heteroatoms. The standard InChI is InChI=1S/C23H25ClN4O2/c24-20-8-4-7-19(15-20)22-26-21(30-27-22)16-28-13-10-18(11-14-28)23(29)25-12-9-17-5-2-1-3-6-17/h1-8,15,18H,9-14,16H2,(H,25,29). The van der Waals surface area contributed by atoms with Crippen molar-refractivity contribution >= 4 is 17.5 Å². The molecule has 1 aliphatic heterocycles. The second-order valence-corrected chi connectivity index (χ2v) is 8.04. The average molecular weight is 425 g/mol. The SMILES string of the molecule is O=C(NCCc1ccccc1)C1CCN(Cc2nc(-c3cccc(Cl)c3)no2)CC1. The number of amides is 1. The lowest BCUT2D eigenvalue weighted by atomic mass is 9.96. The van der Waals surface area contributed by atoms with Gasteiger partial charge >= 0.3 is 0 Å². The summed E-state index contributed by atoms with van der Waals surface area (Å²) in [6.45, 7) is 2.95. The third kappa shape index (κ3) is 5.46. The second-order valence-electron chi connectivity index (χ2n) is 7.60. The van der Waals surface area contributed by atoms with Crippen LogP contribution in [0.3, 0.4) is 0 Å². The molecule has 2 aromatic carbocycles. The summed E-state index contributed by atoms with van der Waals surface area (Å²) in [7, 11) is 0. The summed E-state index contributed by atoms with van der Waals surface area (Å²) < 4.78 is 5.41. The van der Waals surface area contributed by atoms with Gasteiger partial charge in [-0.15, -0.1) is 0 Å². The molecule has 0 bridgehead atoms. The second kappa shape index (κ2) is 9.87. The Hall–Kier alpha value is -2.70. The fourth-order valence-electron chi connectivity index (χ4n) is 3.73. The Morgan fingerprint density at radius 3 is 2.70 bits per heavy atom. The number of carbonyl (C=O) groups is 1. The van der Waals surface area contributed by atoms with Gasteiger partial charge in [0.1, 0.15) is 0 Å². The fraction of sp³-hybridized carbons (Fsp3) is 0.348. The van der Waals surface area contributed by atoms with Gasteiger partial charge in [-0.25, -0.2) is 0 Å². The predicted octanol–water partition coefficient (Wildman–Crippen LogP) is 3.96. The highest BCUT2D eigenvalue weighted by Gasteiger charge is 2.25. The Morgan fingerprint density at radius 1 is 1.13 bits per heavy atom. The first-order valence-corrected chi connectivity index (χ1v) is 10.7. The molecular formula is C23H25ClN4O2. The first-order chi connectivity index (χ1) is 14.7. The van der Waals surface area contributed by atoms with Crippen molar-refractivity contribution in [1.82, 2.24) is 20.4 Å². The monoisotopic (exact) mass is 424 g/mol. The van der Waals surface area contributed by atoms with E-state index in [9.17, 15) is 4.79 Å². The van der Waals surface area contributed by atoms with E-state index in [1.54, 1.807) is 0 Å². The van der Waals surface area contributed by atoms with Crippen LogP contribution >= 0.6 is 11.6 Å². The molecule has 1 fully saturated rings. The van der Waals surface area contributed by atoms with E-state index in [0.717, 1.165) is 37.9 Å². The largest absolute Gasteiger partial charge is 0.356 e. The molecule has 0 saturated carbocycles. The molecule has 1 aliphatic rings. The van der Waals surface area contributed by atoms with Gasteiger partial charge in [0.25, 0.3) is 0 Å². The summed E-state index contributed by atoms with van der Waals surface area (Å²) in [5.41, 5.74) is 2.08. The third-order valence-corrected chi connectivity index (χ3v) is 5.66. The van der Waals surface area contributed by atoms with Gasteiger partial charge in [-0.3, -0.25) is 9.69 Å². The maximum absolute atomic E-state index is 12.5. The van der Waals surface area contributed by atoms with Gasteiger partial charge < -0.3 is 9.84 Å². The Labute approximate surface area is 181 Å². The normalized spacial score (nSPS) is 15.2. The van der Waals surface area contributed by atoms with Gasteiger partial charge in [-0.05, 0) is 50.0 Å². The Kier molecular flexibility index (Phi) is 6.77. The van der Waals surface area contributed by atoms with Gasteiger partial charge in [0.15, 0.2) is 0 Å². The van der Waals surface area contributed by atoms with Crippen LogP contribution in [0.15, 0.2) is 59.1 Å². The van der Waals surface area contributed by atoms with Crippen molar-refractivity contribution < 1.29 is 9.32 Å². The number of nitrogens with one attached hydrogen (secondary N) is 1. The van der Waals surface area contributed by atoms with Crippen LogP contribution in [0.25, 0.3) is 11.4 Å². The van der Waals surface area contributed by atoms with Gasteiger partial charge in [-0.2, -0.15) is 4.98 Å². The minimum atomic E-state index is 0.0710. The third-order valence-electron chi connectivity index (χ3n) is 5.42. The average Bonchev–Trinajstić information content (AvgIpc) is 3.23. The number of benzene rings is 2. The molecule has 1 aromatic heterocycles. The van der Waals surface area contributed by atoms with Gasteiger partial charge in [-0.1, -0.05) is 59.2 Å². The zero-order valence-corrected chi connectivity index (χ0v) is 17.5. The molecule has 3 aromatic rings. The molecule has 30 heavy (non-hydrogen) atoms. The maximum atomic E-state index is 12.5. The number of halogens is 1. The molecule has 4 rings (SSSR count). The molecule has 1 saturated heterocycles. The van der Waals surface area contributed by atoms with Gasteiger partial charge in [0.05, 0.1) is 6.54 Å². The number of likely N-dealkylation sites (tertiary alicyclic amines) is 1. The molecule has 0 radical (unpaired) electrons. The highest BCUT2D eigenvalue weighted by atomic mass is 35.5. The van der Waals surface area contributed by atoms with Crippen LogP contribution in [0.4, 0.5) is 0 Å². The zero-order valence-electron chi connectivity index (χ0n) is 16.8. The van der Waals surface area contributed by atoms with E-state index in [0.29, 0.717) is 29.8 Å². The number of aromatic nitrogens is 2.